The van der Waals surface area contributed by atoms with E-state index in [0.29, 0.717) is 0 Å². The topological polar surface area (TPSA) is 29.0 Å². The molecule has 4 aromatic rings. The van der Waals surface area contributed by atoms with Gasteiger partial charge in [-0.2, -0.15) is 0 Å². The van der Waals surface area contributed by atoms with Gasteiger partial charge in [-0.05, 0) is 53.6 Å². The van der Waals surface area contributed by atoms with Gasteiger partial charge in [0.15, 0.2) is 0 Å². The van der Waals surface area contributed by atoms with Crippen molar-refractivity contribution < 1.29 is 0 Å². The first-order valence-electron chi connectivity index (χ1n) is 10.0. The Labute approximate surface area is 165 Å². The average Bonchev–Trinajstić information content (AvgIpc) is 2.80. The summed E-state index contributed by atoms with van der Waals surface area (Å²) in [5.74, 6) is 1.00. The lowest BCUT2D eigenvalue weighted by molar-refractivity contribution is 0.573. The third-order valence-electron chi connectivity index (χ3n) is 5.53. The number of fused-ring (bicyclic) bond motifs is 1. The van der Waals surface area contributed by atoms with Crippen LogP contribution in [0.2, 0.25) is 0 Å². The monoisotopic (exact) mass is 365 g/mol. The van der Waals surface area contributed by atoms with E-state index in [4.69, 9.17) is 4.98 Å². The lowest BCUT2D eigenvalue weighted by Crippen LogP contribution is -2.30. The van der Waals surface area contributed by atoms with Gasteiger partial charge in [-0.1, -0.05) is 60.7 Å². The van der Waals surface area contributed by atoms with Crippen LogP contribution in [0, 0.1) is 0 Å². The maximum atomic E-state index is 4.91. The maximum Gasteiger partial charge on any atom is 0.147 e. The van der Waals surface area contributed by atoms with Crippen LogP contribution in [0.4, 0.5) is 5.82 Å². The van der Waals surface area contributed by atoms with Gasteiger partial charge in [0.25, 0.3) is 0 Å². The molecule has 1 aromatic heterocycles. The van der Waals surface area contributed by atoms with Gasteiger partial charge in [0.1, 0.15) is 5.82 Å². The van der Waals surface area contributed by atoms with Gasteiger partial charge >= 0.3 is 0 Å². The number of anilines is 1. The minimum Gasteiger partial charge on any atom is -0.355 e. The first-order chi connectivity index (χ1) is 13.9. The standard InChI is InChI=1S/C25H23N3/c1-3-7-19(8-4-1)20-9-11-21(12-10-20)22-13-14-23-24(17-22)27-25(18-26-23)28-15-5-2-6-16-28/h1,3-4,7-14,17-18H,2,5-6,15-16H2. The molecule has 3 heteroatoms. The molecule has 28 heavy (non-hydrogen) atoms. The SMILES string of the molecule is c1ccc(-c2ccc(-c3ccc4ncc(N5CCCCC5)nc4c3)cc2)cc1. The minimum atomic E-state index is 0.949. The molecular formula is C25H23N3. The lowest BCUT2D eigenvalue weighted by Gasteiger charge is -2.27. The Morgan fingerprint density at radius 2 is 1.25 bits per heavy atom. The van der Waals surface area contributed by atoms with Crippen molar-refractivity contribution in [3.05, 3.63) is 79.0 Å². The Bertz CT molecular complexity index is 1080. The number of piperidine rings is 1. The molecule has 138 valence electrons. The number of benzene rings is 3. The summed E-state index contributed by atoms with van der Waals surface area (Å²) in [6, 6.07) is 25.6. The lowest BCUT2D eigenvalue weighted by atomic mass is 10.00. The highest BCUT2D eigenvalue weighted by Crippen LogP contribution is 2.27. The van der Waals surface area contributed by atoms with Gasteiger partial charge in [0.05, 0.1) is 17.2 Å². The third-order valence-corrected chi connectivity index (χ3v) is 5.53. The summed E-state index contributed by atoms with van der Waals surface area (Å²) in [5, 5.41) is 0. The molecule has 0 N–H and O–H groups in total. The summed E-state index contributed by atoms with van der Waals surface area (Å²) in [4.78, 5) is 11.9. The van der Waals surface area contributed by atoms with Gasteiger partial charge in [-0.25, -0.2) is 4.98 Å². The second-order valence-corrected chi connectivity index (χ2v) is 7.42. The average molecular weight is 365 g/mol. The predicted molar refractivity (Wildman–Crippen MR) is 116 cm³/mol. The van der Waals surface area contributed by atoms with Gasteiger partial charge in [0, 0.05) is 13.1 Å². The molecule has 1 aliphatic heterocycles. The largest absolute Gasteiger partial charge is 0.355 e. The van der Waals surface area contributed by atoms with Crippen molar-refractivity contribution in [3.8, 4) is 22.3 Å². The van der Waals surface area contributed by atoms with Crippen LogP contribution in [0.15, 0.2) is 79.0 Å². The molecule has 2 heterocycles. The highest BCUT2D eigenvalue weighted by Gasteiger charge is 2.13. The first kappa shape index (κ1) is 16.9. The van der Waals surface area contributed by atoms with Crippen molar-refractivity contribution in [1.82, 2.24) is 9.97 Å². The maximum absolute atomic E-state index is 4.91. The molecular weight excluding hydrogens is 342 g/mol. The molecule has 0 saturated carbocycles. The second-order valence-electron chi connectivity index (χ2n) is 7.42. The fraction of sp³-hybridized carbons (Fsp3) is 0.200. The van der Waals surface area contributed by atoms with Crippen molar-refractivity contribution in [3.63, 3.8) is 0 Å². The Morgan fingerprint density at radius 1 is 0.607 bits per heavy atom. The summed E-state index contributed by atoms with van der Waals surface area (Å²) in [7, 11) is 0. The van der Waals surface area contributed by atoms with Crippen LogP contribution in [0.3, 0.4) is 0 Å². The molecule has 5 rings (SSSR count). The minimum absolute atomic E-state index is 0.949. The van der Waals surface area contributed by atoms with Crippen LogP contribution < -0.4 is 4.90 Å². The molecule has 3 aromatic carbocycles. The molecule has 0 atom stereocenters. The number of hydrogen-bond acceptors (Lipinski definition) is 3. The van der Waals surface area contributed by atoms with E-state index in [2.05, 4.69) is 76.6 Å². The summed E-state index contributed by atoms with van der Waals surface area (Å²) in [6.07, 6.45) is 5.73. The highest BCUT2D eigenvalue weighted by molar-refractivity contribution is 5.82. The molecule has 0 amide bonds. The normalized spacial score (nSPS) is 14.4. The summed E-state index contributed by atoms with van der Waals surface area (Å²) in [6.45, 7) is 2.17. The zero-order valence-corrected chi connectivity index (χ0v) is 15.9. The van der Waals surface area contributed by atoms with E-state index >= 15 is 0 Å². The summed E-state index contributed by atoms with van der Waals surface area (Å²) < 4.78 is 0. The number of aromatic nitrogens is 2. The molecule has 1 saturated heterocycles. The summed E-state index contributed by atoms with van der Waals surface area (Å²) >= 11 is 0. The molecule has 0 bridgehead atoms. The van der Waals surface area contributed by atoms with Crippen molar-refractivity contribution >= 4 is 16.9 Å². The molecule has 0 aliphatic carbocycles. The van der Waals surface area contributed by atoms with E-state index in [0.717, 1.165) is 29.9 Å². The molecule has 1 fully saturated rings. The first-order valence-corrected chi connectivity index (χ1v) is 10.0. The van der Waals surface area contributed by atoms with Crippen LogP contribution >= 0.6 is 0 Å². The van der Waals surface area contributed by atoms with Crippen LogP contribution in [0.5, 0.6) is 0 Å². The fourth-order valence-corrected chi connectivity index (χ4v) is 3.94. The zero-order chi connectivity index (χ0) is 18.8. The van der Waals surface area contributed by atoms with E-state index in [1.165, 1.54) is 41.5 Å². The van der Waals surface area contributed by atoms with Crippen LogP contribution in [0.1, 0.15) is 19.3 Å². The van der Waals surface area contributed by atoms with E-state index in [1.807, 2.05) is 12.3 Å². The Balaban J connectivity index is 1.46. The highest BCUT2D eigenvalue weighted by atomic mass is 15.2. The van der Waals surface area contributed by atoms with Crippen LogP contribution in [-0.4, -0.2) is 23.1 Å². The van der Waals surface area contributed by atoms with Crippen molar-refractivity contribution in [1.29, 1.82) is 0 Å². The second kappa shape index (κ2) is 7.43. The fourth-order valence-electron chi connectivity index (χ4n) is 3.94. The van der Waals surface area contributed by atoms with Gasteiger partial charge in [-0.3, -0.25) is 4.98 Å². The number of nitrogens with zero attached hydrogens (tertiary/aromatic N) is 3. The van der Waals surface area contributed by atoms with E-state index in [1.54, 1.807) is 0 Å². The van der Waals surface area contributed by atoms with Crippen molar-refractivity contribution in [2.24, 2.45) is 0 Å². The molecule has 0 spiro atoms. The van der Waals surface area contributed by atoms with Crippen LogP contribution in [0.25, 0.3) is 33.3 Å². The molecule has 1 aliphatic rings. The van der Waals surface area contributed by atoms with E-state index in [-0.39, 0.29) is 0 Å². The smallest absolute Gasteiger partial charge is 0.147 e. The number of hydrogen-bond donors (Lipinski definition) is 0. The van der Waals surface area contributed by atoms with Gasteiger partial charge < -0.3 is 4.90 Å². The third kappa shape index (κ3) is 3.36. The van der Waals surface area contributed by atoms with Crippen molar-refractivity contribution in [2.75, 3.05) is 18.0 Å². The predicted octanol–water partition coefficient (Wildman–Crippen LogP) is 5.95. The Kier molecular flexibility index (Phi) is 4.50. The number of rotatable bonds is 3. The van der Waals surface area contributed by atoms with E-state index < -0.39 is 0 Å². The summed E-state index contributed by atoms with van der Waals surface area (Å²) in [5.41, 5.74) is 6.77. The quantitative estimate of drug-likeness (QED) is 0.449. The van der Waals surface area contributed by atoms with E-state index in [9.17, 15) is 0 Å². The zero-order valence-electron chi connectivity index (χ0n) is 15.9. The van der Waals surface area contributed by atoms with Gasteiger partial charge in [-0.15, -0.1) is 0 Å². The van der Waals surface area contributed by atoms with Crippen LogP contribution in [-0.2, 0) is 0 Å². The Morgan fingerprint density at radius 3 is 2.00 bits per heavy atom. The van der Waals surface area contributed by atoms with Gasteiger partial charge in [0.2, 0.25) is 0 Å². The van der Waals surface area contributed by atoms with Crippen molar-refractivity contribution in [2.45, 2.75) is 19.3 Å². The molecule has 0 unspecified atom stereocenters. The molecule has 3 nitrogen and oxygen atoms in total. The molecule has 0 radical (unpaired) electrons. The Hall–Kier alpha value is -3.20.